The topological polar surface area (TPSA) is 69.6 Å². The number of likely N-dealkylation sites (tertiary alicyclic amines) is 1. The maximum Gasteiger partial charge on any atom is 0.348 e. The number of carbonyl (C=O) groups is 2. The molecule has 1 aromatic rings. The standard InChI is InChI=1S/C18H24N2O3S/c1-5-20-10-6-7-13(16(20)21)19-14-11-12(8-9-18(2,3)4)24-15(14)17(22)23/h11,13,19H,5-7,10H2,1-4H3,(H,22,23). The molecule has 2 heterocycles. The van der Waals surface area contributed by atoms with Gasteiger partial charge in [0.15, 0.2) is 0 Å². The number of amides is 1. The number of nitrogens with one attached hydrogen (secondary N) is 1. The summed E-state index contributed by atoms with van der Waals surface area (Å²) >= 11 is 1.14. The summed E-state index contributed by atoms with van der Waals surface area (Å²) in [6.45, 7) is 9.41. The van der Waals surface area contributed by atoms with Crippen molar-refractivity contribution in [3.05, 3.63) is 15.8 Å². The molecule has 2 rings (SSSR count). The second-order valence-corrected chi connectivity index (χ2v) is 7.97. The van der Waals surface area contributed by atoms with Gasteiger partial charge in [-0.2, -0.15) is 0 Å². The Labute approximate surface area is 147 Å². The van der Waals surface area contributed by atoms with Crippen LogP contribution in [0.15, 0.2) is 6.07 Å². The molecule has 130 valence electrons. The molecule has 1 saturated heterocycles. The highest BCUT2D eigenvalue weighted by molar-refractivity contribution is 7.15. The van der Waals surface area contributed by atoms with Crippen molar-refractivity contribution in [2.24, 2.45) is 5.41 Å². The number of hydrogen-bond acceptors (Lipinski definition) is 4. The molecule has 0 radical (unpaired) electrons. The van der Waals surface area contributed by atoms with E-state index in [2.05, 4.69) is 17.2 Å². The Hall–Kier alpha value is -2.00. The molecule has 1 atom stereocenters. The lowest BCUT2D eigenvalue weighted by Crippen LogP contribution is -2.47. The average Bonchev–Trinajstić information content (AvgIpc) is 2.90. The molecule has 1 fully saturated rings. The summed E-state index contributed by atoms with van der Waals surface area (Å²) in [4.78, 5) is 26.6. The molecule has 1 aliphatic heterocycles. The summed E-state index contributed by atoms with van der Waals surface area (Å²) in [5.41, 5.74) is 0.337. The Morgan fingerprint density at radius 1 is 1.50 bits per heavy atom. The number of aromatic carboxylic acids is 1. The third kappa shape index (κ3) is 4.51. The van der Waals surface area contributed by atoms with Crippen molar-refractivity contribution in [3.8, 4) is 11.8 Å². The van der Waals surface area contributed by atoms with E-state index in [1.54, 1.807) is 11.0 Å². The van der Waals surface area contributed by atoms with Crippen LogP contribution in [-0.4, -0.2) is 41.0 Å². The molecule has 1 unspecified atom stereocenters. The Balaban J connectivity index is 2.25. The maximum absolute atomic E-state index is 12.4. The van der Waals surface area contributed by atoms with Gasteiger partial charge in [-0.05, 0) is 46.6 Å². The average molecular weight is 348 g/mol. The van der Waals surface area contributed by atoms with Gasteiger partial charge in [-0.25, -0.2) is 4.79 Å². The highest BCUT2D eigenvalue weighted by Crippen LogP contribution is 2.29. The zero-order valence-electron chi connectivity index (χ0n) is 14.6. The van der Waals surface area contributed by atoms with Gasteiger partial charge in [0.25, 0.3) is 0 Å². The van der Waals surface area contributed by atoms with Gasteiger partial charge in [-0.1, -0.05) is 11.8 Å². The van der Waals surface area contributed by atoms with Crippen LogP contribution in [0.2, 0.25) is 0 Å². The lowest BCUT2D eigenvalue weighted by Gasteiger charge is -2.32. The van der Waals surface area contributed by atoms with Gasteiger partial charge in [0.1, 0.15) is 10.9 Å². The number of hydrogen-bond donors (Lipinski definition) is 2. The molecule has 0 bridgehead atoms. The molecule has 5 nitrogen and oxygen atoms in total. The summed E-state index contributed by atoms with van der Waals surface area (Å²) in [6.07, 6.45) is 1.63. The molecule has 6 heteroatoms. The van der Waals surface area contributed by atoms with Crippen molar-refractivity contribution < 1.29 is 14.7 Å². The second-order valence-electron chi connectivity index (χ2n) is 6.92. The summed E-state index contributed by atoms with van der Waals surface area (Å²) in [5.74, 6) is 5.19. The molecule has 1 amide bonds. The van der Waals surface area contributed by atoms with E-state index in [9.17, 15) is 14.7 Å². The van der Waals surface area contributed by atoms with Gasteiger partial charge in [-0.15, -0.1) is 11.3 Å². The zero-order chi connectivity index (χ0) is 17.9. The minimum absolute atomic E-state index is 0.0358. The van der Waals surface area contributed by atoms with Crippen molar-refractivity contribution in [2.45, 2.75) is 46.6 Å². The van der Waals surface area contributed by atoms with Crippen molar-refractivity contribution in [1.29, 1.82) is 0 Å². The Morgan fingerprint density at radius 2 is 2.21 bits per heavy atom. The lowest BCUT2D eigenvalue weighted by molar-refractivity contribution is -0.134. The van der Waals surface area contributed by atoms with Crippen LogP contribution in [0.1, 0.15) is 55.1 Å². The SMILES string of the molecule is CCN1CCCC(Nc2cc(C#CC(C)(C)C)sc2C(=O)O)C1=O. The van der Waals surface area contributed by atoms with Crippen molar-refractivity contribution in [1.82, 2.24) is 4.90 Å². The minimum atomic E-state index is -0.998. The van der Waals surface area contributed by atoms with E-state index in [-0.39, 0.29) is 22.2 Å². The van der Waals surface area contributed by atoms with Crippen LogP contribution in [0.25, 0.3) is 0 Å². The van der Waals surface area contributed by atoms with Gasteiger partial charge in [0, 0.05) is 18.5 Å². The Kier molecular flexibility index (Phi) is 5.55. The molecule has 0 spiro atoms. The number of likely N-dealkylation sites (N-methyl/N-ethyl adjacent to an activating group) is 1. The summed E-state index contributed by atoms with van der Waals surface area (Å²) in [6, 6.07) is 1.38. The molecule has 0 saturated carbocycles. The van der Waals surface area contributed by atoms with E-state index in [0.29, 0.717) is 23.5 Å². The first-order valence-corrected chi connectivity index (χ1v) is 8.98. The van der Waals surface area contributed by atoms with Gasteiger partial charge in [0.2, 0.25) is 5.91 Å². The third-order valence-corrected chi connectivity index (χ3v) is 4.77. The fraction of sp³-hybridized carbons (Fsp3) is 0.556. The molecule has 2 N–H and O–H groups in total. The number of anilines is 1. The summed E-state index contributed by atoms with van der Waals surface area (Å²) in [5, 5.41) is 12.6. The normalized spacial score (nSPS) is 18.1. The van der Waals surface area contributed by atoms with Crippen molar-refractivity contribution >= 4 is 28.9 Å². The van der Waals surface area contributed by atoms with Crippen molar-refractivity contribution in [3.63, 3.8) is 0 Å². The van der Waals surface area contributed by atoms with Gasteiger partial charge in [-0.3, -0.25) is 4.79 Å². The van der Waals surface area contributed by atoms with Crippen LogP contribution in [0.3, 0.4) is 0 Å². The smallest absolute Gasteiger partial charge is 0.348 e. The molecular weight excluding hydrogens is 324 g/mol. The lowest BCUT2D eigenvalue weighted by atomic mass is 9.98. The first kappa shape index (κ1) is 18.3. The Morgan fingerprint density at radius 3 is 2.79 bits per heavy atom. The fourth-order valence-electron chi connectivity index (χ4n) is 2.54. The molecule has 24 heavy (non-hydrogen) atoms. The zero-order valence-corrected chi connectivity index (χ0v) is 15.4. The maximum atomic E-state index is 12.4. The summed E-state index contributed by atoms with van der Waals surface area (Å²) in [7, 11) is 0. The largest absolute Gasteiger partial charge is 0.477 e. The monoisotopic (exact) mass is 348 g/mol. The van der Waals surface area contributed by atoms with Gasteiger partial charge in [0.05, 0.1) is 10.6 Å². The number of rotatable bonds is 4. The molecule has 1 aliphatic rings. The van der Waals surface area contributed by atoms with Crippen LogP contribution < -0.4 is 5.32 Å². The van der Waals surface area contributed by atoms with E-state index in [0.717, 1.165) is 24.3 Å². The van der Waals surface area contributed by atoms with Crippen molar-refractivity contribution in [2.75, 3.05) is 18.4 Å². The van der Waals surface area contributed by atoms with Crippen LogP contribution in [0.4, 0.5) is 5.69 Å². The summed E-state index contributed by atoms with van der Waals surface area (Å²) < 4.78 is 0. The number of piperidine rings is 1. The molecule has 0 aliphatic carbocycles. The van der Waals surface area contributed by atoms with E-state index < -0.39 is 5.97 Å². The highest BCUT2D eigenvalue weighted by Gasteiger charge is 2.29. The number of carboxylic acid groups (broad SMARTS) is 1. The number of nitrogens with zero attached hydrogens (tertiary/aromatic N) is 1. The van der Waals surface area contributed by atoms with E-state index in [1.807, 2.05) is 27.7 Å². The quantitative estimate of drug-likeness (QED) is 0.820. The predicted octanol–water partition coefficient (Wildman–Crippen LogP) is 3.27. The third-order valence-electron chi connectivity index (χ3n) is 3.73. The van der Waals surface area contributed by atoms with E-state index >= 15 is 0 Å². The molecule has 0 aromatic carbocycles. The van der Waals surface area contributed by atoms with Crippen LogP contribution in [-0.2, 0) is 4.79 Å². The first-order chi connectivity index (χ1) is 11.2. The van der Waals surface area contributed by atoms with E-state index in [4.69, 9.17) is 0 Å². The number of carboxylic acids is 1. The Bertz CT molecular complexity index is 691. The number of thiophene rings is 1. The predicted molar refractivity (Wildman–Crippen MR) is 96.5 cm³/mol. The minimum Gasteiger partial charge on any atom is -0.477 e. The molecular formula is C18H24N2O3S. The van der Waals surface area contributed by atoms with Gasteiger partial charge >= 0.3 is 5.97 Å². The molecule has 1 aromatic heterocycles. The fourth-order valence-corrected chi connectivity index (χ4v) is 3.36. The first-order valence-electron chi connectivity index (χ1n) is 8.17. The number of carbonyl (C=O) groups excluding carboxylic acids is 1. The van der Waals surface area contributed by atoms with Crippen LogP contribution in [0, 0.1) is 17.3 Å². The highest BCUT2D eigenvalue weighted by atomic mass is 32.1. The van der Waals surface area contributed by atoms with Gasteiger partial charge < -0.3 is 15.3 Å². The van der Waals surface area contributed by atoms with E-state index in [1.165, 1.54) is 0 Å². The van der Waals surface area contributed by atoms with Crippen LogP contribution >= 0.6 is 11.3 Å². The van der Waals surface area contributed by atoms with Crippen LogP contribution in [0.5, 0.6) is 0 Å². The second kappa shape index (κ2) is 7.27.